The van der Waals surface area contributed by atoms with Crippen LogP contribution in [0.4, 0.5) is 5.82 Å². The highest BCUT2D eigenvalue weighted by Crippen LogP contribution is 2.41. The van der Waals surface area contributed by atoms with Crippen molar-refractivity contribution in [3.8, 4) is 22.9 Å². The monoisotopic (exact) mass is 410 g/mol. The highest BCUT2D eigenvalue weighted by atomic mass is 16.6. The van der Waals surface area contributed by atoms with Gasteiger partial charge in [0, 0.05) is 29.9 Å². The largest absolute Gasteiger partial charge is 0.486 e. The summed E-state index contributed by atoms with van der Waals surface area (Å²) in [4.78, 5) is 16.5. The maximum absolute atomic E-state index is 5.84. The van der Waals surface area contributed by atoms with E-state index >= 15 is 0 Å². The zero-order chi connectivity index (χ0) is 20.6. The fourth-order valence-electron chi connectivity index (χ4n) is 4.54. The molecule has 1 saturated heterocycles. The number of pyridine rings is 1. The number of fused-ring (bicyclic) bond motifs is 2. The molecule has 1 atom stereocenters. The van der Waals surface area contributed by atoms with Gasteiger partial charge in [-0.3, -0.25) is 4.98 Å². The molecule has 31 heavy (non-hydrogen) atoms. The van der Waals surface area contributed by atoms with Gasteiger partial charge in [0.15, 0.2) is 17.3 Å². The molecule has 0 N–H and O–H groups in total. The summed E-state index contributed by atoms with van der Waals surface area (Å²) in [6, 6.07) is 18.7. The van der Waals surface area contributed by atoms with Gasteiger partial charge in [-0.05, 0) is 54.8 Å². The molecular formula is C25H22N4O2. The fraction of sp³-hybridized carbons (Fsp3) is 0.240. The van der Waals surface area contributed by atoms with Gasteiger partial charge in [-0.25, -0.2) is 9.97 Å². The van der Waals surface area contributed by atoms with Crippen LogP contribution in [0.2, 0.25) is 0 Å². The molecule has 2 aromatic carbocycles. The van der Waals surface area contributed by atoms with Gasteiger partial charge in [-0.2, -0.15) is 0 Å². The van der Waals surface area contributed by atoms with E-state index in [2.05, 4.69) is 34.1 Å². The minimum atomic E-state index is 0.232. The first-order valence-electron chi connectivity index (χ1n) is 10.7. The van der Waals surface area contributed by atoms with Crippen LogP contribution in [-0.4, -0.2) is 34.7 Å². The molecule has 1 fully saturated rings. The maximum atomic E-state index is 5.84. The quantitative estimate of drug-likeness (QED) is 0.483. The van der Waals surface area contributed by atoms with E-state index in [1.165, 1.54) is 5.56 Å². The fourth-order valence-corrected chi connectivity index (χ4v) is 4.54. The summed E-state index contributed by atoms with van der Waals surface area (Å²) in [5.74, 6) is 3.33. The summed E-state index contributed by atoms with van der Waals surface area (Å²) in [6.45, 7) is 2.15. The maximum Gasteiger partial charge on any atom is 0.163 e. The van der Waals surface area contributed by atoms with Crippen LogP contribution in [0, 0.1) is 0 Å². The number of nitrogens with zero attached hydrogens (tertiary/aromatic N) is 4. The average molecular weight is 410 g/mol. The Balaban J connectivity index is 1.46. The summed E-state index contributed by atoms with van der Waals surface area (Å²) in [7, 11) is 0. The Morgan fingerprint density at radius 1 is 0.903 bits per heavy atom. The molecule has 2 aromatic heterocycles. The van der Waals surface area contributed by atoms with E-state index in [0.717, 1.165) is 53.2 Å². The van der Waals surface area contributed by atoms with Crippen molar-refractivity contribution in [3.05, 3.63) is 72.6 Å². The lowest BCUT2D eigenvalue weighted by Gasteiger charge is -2.28. The van der Waals surface area contributed by atoms with Gasteiger partial charge < -0.3 is 14.4 Å². The third-order valence-corrected chi connectivity index (χ3v) is 5.98. The van der Waals surface area contributed by atoms with Gasteiger partial charge in [0.05, 0.1) is 11.6 Å². The normalized spacial score (nSPS) is 17.8. The van der Waals surface area contributed by atoms with Gasteiger partial charge >= 0.3 is 0 Å². The molecule has 0 aliphatic carbocycles. The first kappa shape index (κ1) is 18.1. The topological polar surface area (TPSA) is 60.4 Å². The number of aromatic nitrogens is 3. The second-order valence-electron chi connectivity index (χ2n) is 7.88. The molecule has 6 heteroatoms. The lowest BCUT2D eigenvalue weighted by Crippen LogP contribution is -2.24. The van der Waals surface area contributed by atoms with Crippen molar-refractivity contribution in [2.24, 2.45) is 0 Å². The number of benzene rings is 2. The molecule has 6 rings (SSSR count). The van der Waals surface area contributed by atoms with Gasteiger partial charge in [0.1, 0.15) is 19.0 Å². The van der Waals surface area contributed by atoms with Crippen LogP contribution in [0.1, 0.15) is 24.4 Å². The Kier molecular flexibility index (Phi) is 4.41. The van der Waals surface area contributed by atoms with E-state index in [0.29, 0.717) is 19.0 Å². The Hall–Kier alpha value is -3.67. The molecule has 0 bridgehead atoms. The van der Waals surface area contributed by atoms with Crippen LogP contribution in [0.3, 0.4) is 0 Å². The minimum Gasteiger partial charge on any atom is -0.486 e. The van der Waals surface area contributed by atoms with Crippen molar-refractivity contribution in [2.75, 3.05) is 24.7 Å². The molecule has 6 nitrogen and oxygen atoms in total. The number of ether oxygens (including phenoxy) is 2. The van der Waals surface area contributed by atoms with Gasteiger partial charge in [-0.15, -0.1) is 0 Å². The van der Waals surface area contributed by atoms with Crippen molar-refractivity contribution in [3.63, 3.8) is 0 Å². The first-order chi connectivity index (χ1) is 15.4. The summed E-state index contributed by atoms with van der Waals surface area (Å²) >= 11 is 0. The van der Waals surface area contributed by atoms with E-state index in [-0.39, 0.29) is 6.04 Å². The van der Waals surface area contributed by atoms with Gasteiger partial charge in [-0.1, -0.05) is 18.2 Å². The standard InChI is InChI=1S/C25H22N4O2/c1-2-7-20-19(6-1)25(28-24(27-20)18-5-3-11-26-16-18)29-12-4-8-21(29)17-9-10-22-23(15-17)31-14-13-30-22/h1-3,5-7,9-11,15-16,21H,4,8,12-14H2/t21-/m1/s1. The Labute approximate surface area is 180 Å². The number of anilines is 1. The van der Waals surface area contributed by atoms with Gasteiger partial charge in [0.2, 0.25) is 0 Å². The van der Waals surface area contributed by atoms with Crippen molar-refractivity contribution >= 4 is 16.7 Å². The Bertz CT molecular complexity index is 1240. The molecule has 2 aliphatic rings. The molecule has 0 unspecified atom stereocenters. The number of hydrogen-bond donors (Lipinski definition) is 0. The van der Waals surface area contributed by atoms with E-state index in [4.69, 9.17) is 19.4 Å². The lowest BCUT2D eigenvalue weighted by molar-refractivity contribution is 0.171. The summed E-state index contributed by atoms with van der Waals surface area (Å²) in [5.41, 5.74) is 3.09. The molecule has 0 spiro atoms. The Morgan fingerprint density at radius 2 is 1.81 bits per heavy atom. The summed E-state index contributed by atoms with van der Waals surface area (Å²) < 4.78 is 11.5. The SMILES string of the molecule is c1cncc(-c2nc(N3CCC[C@@H]3c3ccc4c(c3)OCCO4)c3ccccc3n2)c1. The molecule has 154 valence electrons. The van der Waals surface area contributed by atoms with Crippen LogP contribution >= 0.6 is 0 Å². The zero-order valence-corrected chi connectivity index (χ0v) is 17.1. The third kappa shape index (κ3) is 3.24. The number of rotatable bonds is 3. The zero-order valence-electron chi connectivity index (χ0n) is 17.1. The van der Waals surface area contributed by atoms with Gasteiger partial charge in [0.25, 0.3) is 0 Å². The lowest BCUT2D eigenvalue weighted by atomic mass is 10.0. The minimum absolute atomic E-state index is 0.232. The predicted molar refractivity (Wildman–Crippen MR) is 120 cm³/mol. The highest BCUT2D eigenvalue weighted by molar-refractivity contribution is 5.91. The predicted octanol–water partition coefficient (Wildman–Crippen LogP) is 4.80. The van der Waals surface area contributed by atoms with Crippen molar-refractivity contribution in [1.82, 2.24) is 15.0 Å². The van der Waals surface area contributed by atoms with Crippen molar-refractivity contribution in [2.45, 2.75) is 18.9 Å². The molecule has 0 amide bonds. The smallest absolute Gasteiger partial charge is 0.163 e. The van der Waals surface area contributed by atoms with Crippen LogP contribution in [0.5, 0.6) is 11.5 Å². The molecule has 4 aromatic rings. The van der Waals surface area contributed by atoms with Crippen LogP contribution in [0.15, 0.2) is 67.0 Å². The van der Waals surface area contributed by atoms with Crippen LogP contribution in [-0.2, 0) is 0 Å². The molecule has 4 heterocycles. The second-order valence-corrected chi connectivity index (χ2v) is 7.88. The Morgan fingerprint density at radius 3 is 2.71 bits per heavy atom. The third-order valence-electron chi connectivity index (χ3n) is 5.98. The van der Waals surface area contributed by atoms with E-state index in [9.17, 15) is 0 Å². The molecule has 0 radical (unpaired) electrons. The summed E-state index contributed by atoms with van der Waals surface area (Å²) in [6.07, 6.45) is 5.76. The second kappa shape index (κ2) is 7.54. The molecule has 2 aliphatic heterocycles. The van der Waals surface area contributed by atoms with Crippen LogP contribution in [0.25, 0.3) is 22.3 Å². The van der Waals surface area contributed by atoms with E-state index < -0.39 is 0 Å². The van der Waals surface area contributed by atoms with Crippen molar-refractivity contribution < 1.29 is 9.47 Å². The molecule has 0 saturated carbocycles. The average Bonchev–Trinajstić information content (AvgIpc) is 3.33. The highest BCUT2D eigenvalue weighted by Gasteiger charge is 2.30. The first-order valence-corrected chi connectivity index (χ1v) is 10.7. The van der Waals surface area contributed by atoms with E-state index in [1.807, 2.05) is 36.5 Å². The van der Waals surface area contributed by atoms with E-state index in [1.54, 1.807) is 6.20 Å². The van der Waals surface area contributed by atoms with Crippen molar-refractivity contribution in [1.29, 1.82) is 0 Å². The molecular weight excluding hydrogens is 388 g/mol. The van der Waals surface area contributed by atoms with Crippen LogP contribution < -0.4 is 14.4 Å². The summed E-state index contributed by atoms with van der Waals surface area (Å²) in [5, 5.41) is 1.07. The number of hydrogen-bond acceptors (Lipinski definition) is 6. The number of para-hydroxylation sites is 1.